The lowest BCUT2D eigenvalue weighted by atomic mass is 10.1. The van der Waals surface area contributed by atoms with Gasteiger partial charge in [0.05, 0.1) is 19.9 Å². The van der Waals surface area contributed by atoms with E-state index in [-0.39, 0.29) is 0 Å². The summed E-state index contributed by atoms with van der Waals surface area (Å²) in [5.41, 5.74) is 8.88. The molecule has 23 heavy (non-hydrogen) atoms. The summed E-state index contributed by atoms with van der Waals surface area (Å²) in [6, 6.07) is 9.78. The molecule has 1 aromatic carbocycles. The van der Waals surface area contributed by atoms with Gasteiger partial charge in [-0.05, 0) is 29.8 Å². The van der Waals surface area contributed by atoms with Gasteiger partial charge in [-0.1, -0.05) is 6.07 Å². The van der Waals surface area contributed by atoms with Gasteiger partial charge in [-0.25, -0.2) is 4.98 Å². The average Bonchev–Trinajstić information content (AvgIpc) is 2.96. The smallest absolute Gasteiger partial charge is 0.180 e. The molecule has 0 saturated heterocycles. The van der Waals surface area contributed by atoms with Crippen LogP contribution in [-0.2, 0) is 6.42 Å². The number of hydrogen-bond acceptors (Lipinski definition) is 6. The molecule has 0 aliphatic rings. The number of nitrogen functional groups attached to an aromatic ring is 1. The van der Waals surface area contributed by atoms with Crippen LogP contribution in [0.1, 0.15) is 10.4 Å². The summed E-state index contributed by atoms with van der Waals surface area (Å²) in [4.78, 5) is 9.71. The number of methoxy groups -OCH3 is 2. The molecule has 3 aromatic rings. The minimum absolute atomic E-state index is 0.555. The second-order valence-electron chi connectivity index (χ2n) is 4.93. The summed E-state index contributed by atoms with van der Waals surface area (Å²) >= 11 is 1.49. The molecule has 0 aliphatic heterocycles. The molecule has 0 aliphatic carbocycles. The van der Waals surface area contributed by atoms with E-state index in [0.717, 1.165) is 28.1 Å². The quantitative estimate of drug-likeness (QED) is 0.778. The summed E-state index contributed by atoms with van der Waals surface area (Å²) in [7, 11) is 3.26. The van der Waals surface area contributed by atoms with Crippen LogP contribution in [0.15, 0.2) is 42.7 Å². The second kappa shape index (κ2) is 6.66. The summed E-state index contributed by atoms with van der Waals surface area (Å²) in [6.45, 7) is 0. The lowest BCUT2D eigenvalue weighted by Gasteiger charge is -2.09. The Morgan fingerprint density at radius 3 is 2.65 bits per heavy atom. The highest BCUT2D eigenvalue weighted by molar-refractivity contribution is 7.15. The zero-order chi connectivity index (χ0) is 16.2. The van der Waals surface area contributed by atoms with Gasteiger partial charge in [-0.15, -0.1) is 11.3 Å². The van der Waals surface area contributed by atoms with Crippen molar-refractivity contribution in [2.24, 2.45) is 0 Å². The third-order valence-corrected chi connectivity index (χ3v) is 4.35. The summed E-state index contributed by atoms with van der Waals surface area (Å²) < 4.78 is 10.6. The number of pyridine rings is 1. The maximum atomic E-state index is 5.91. The summed E-state index contributed by atoms with van der Waals surface area (Å²) in [5, 5.41) is 0.555. The molecule has 0 amide bonds. The highest BCUT2D eigenvalue weighted by Gasteiger charge is 2.14. The Morgan fingerprint density at radius 2 is 1.96 bits per heavy atom. The number of hydrogen-bond donors (Lipinski definition) is 1. The molecule has 118 valence electrons. The number of rotatable bonds is 5. The first-order chi connectivity index (χ1) is 11.2. The van der Waals surface area contributed by atoms with E-state index < -0.39 is 0 Å². The van der Waals surface area contributed by atoms with E-state index in [9.17, 15) is 0 Å². The zero-order valence-corrected chi connectivity index (χ0v) is 13.8. The van der Waals surface area contributed by atoms with Crippen molar-refractivity contribution in [2.75, 3.05) is 20.0 Å². The van der Waals surface area contributed by atoms with Crippen LogP contribution in [0.2, 0.25) is 0 Å². The minimum Gasteiger partial charge on any atom is -0.493 e. The third-order valence-electron chi connectivity index (χ3n) is 3.46. The molecule has 6 heteroatoms. The minimum atomic E-state index is 0.555. The van der Waals surface area contributed by atoms with Crippen LogP contribution in [-0.4, -0.2) is 24.2 Å². The van der Waals surface area contributed by atoms with Crippen molar-refractivity contribution < 1.29 is 9.47 Å². The molecule has 0 bridgehead atoms. The van der Waals surface area contributed by atoms with Crippen LogP contribution in [0, 0.1) is 0 Å². The Morgan fingerprint density at radius 1 is 1.13 bits per heavy atom. The van der Waals surface area contributed by atoms with E-state index in [2.05, 4.69) is 9.97 Å². The Kier molecular flexibility index (Phi) is 4.43. The first kappa shape index (κ1) is 15.3. The maximum absolute atomic E-state index is 5.91. The highest BCUT2D eigenvalue weighted by atomic mass is 32.1. The molecule has 3 rings (SSSR count). The van der Waals surface area contributed by atoms with E-state index >= 15 is 0 Å². The number of aromatic nitrogens is 2. The van der Waals surface area contributed by atoms with Crippen LogP contribution < -0.4 is 15.2 Å². The Bertz CT molecular complexity index is 803. The lowest BCUT2D eigenvalue weighted by molar-refractivity contribution is 0.354. The largest absolute Gasteiger partial charge is 0.493 e. The molecule has 2 aromatic heterocycles. The molecule has 5 nitrogen and oxygen atoms in total. The van der Waals surface area contributed by atoms with E-state index in [1.165, 1.54) is 11.3 Å². The number of benzene rings is 1. The van der Waals surface area contributed by atoms with E-state index in [4.69, 9.17) is 15.2 Å². The number of nitrogens with two attached hydrogens (primary N) is 1. The van der Waals surface area contributed by atoms with Crippen LogP contribution >= 0.6 is 11.3 Å². The van der Waals surface area contributed by atoms with Crippen molar-refractivity contribution in [1.82, 2.24) is 9.97 Å². The van der Waals surface area contributed by atoms with Crippen molar-refractivity contribution in [3.8, 4) is 22.8 Å². The van der Waals surface area contributed by atoms with Gasteiger partial charge in [0.2, 0.25) is 0 Å². The molecule has 0 saturated carbocycles. The van der Waals surface area contributed by atoms with Gasteiger partial charge in [-0.3, -0.25) is 4.98 Å². The Labute approximate surface area is 138 Å². The van der Waals surface area contributed by atoms with E-state index in [1.54, 1.807) is 26.6 Å². The van der Waals surface area contributed by atoms with E-state index in [1.807, 2.05) is 30.3 Å². The average molecular weight is 327 g/mol. The van der Waals surface area contributed by atoms with Crippen molar-refractivity contribution >= 4 is 16.5 Å². The number of anilines is 1. The molecule has 2 heterocycles. The predicted molar refractivity (Wildman–Crippen MR) is 92.1 cm³/mol. The molecular weight excluding hydrogens is 310 g/mol. The van der Waals surface area contributed by atoms with Crippen molar-refractivity contribution in [3.05, 3.63) is 53.2 Å². The molecule has 0 unspecified atom stereocenters. The summed E-state index contributed by atoms with van der Waals surface area (Å²) in [5.74, 6) is 1.43. The first-order valence-corrected chi connectivity index (χ1v) is 7.89. The van der Waals surface area contributed by atoms with Gasteiger partial charge in [0.1, 0.15) is 0 Å². The molecular formula is C17H17N3O2S. The van der Waals surface area contributed by atoms with Crippen LogP contribution in [0.5, 0.6) is 11.5 Å². The third kappa shape index (κ3) is 3.27. The molecule has 0 atom stereocenters. The van der Waals surface area contributed by atoms with Gasteiger partial charge in [-0.2, -0.15) is 0 Å². The Hall–Kier alpha value is -2.60. The topological polar surface area (TPSA) is 70.3 Å². The molecule has 0 fully saturated rings. The Balaban J connectivity index is 1.95. The molecule has 2 N–H and O–H groups in total. The molecule has 0 radical (unpaired) electrons. The fourth-order valence-electron chi connectivity index (χ4n) is 2.39. The van der Waals surface area contributed by atoms with Gasteiger partial charge < -0.3 is 15.2 Å². The van der Waals surface area contributed by atoms with Gasteiger partial charge >= 0.3 is 0 Å². The normalized spacial score (nSPS) is 10.5. The fraction of sp³-hybridized carbons (Fsp3) is 0.176. The predicted octanol–water partition coefficient (Wildman–Crippen LogP) is 3.40. The zero-order valence-electron chi connectivity index (χ0n) is 12.9. The number of thiazole rings is 1. The van der Waals surface area contributed by atoms with Crippen molar-refractivity contribution in [3.63, 3.8) is 0 Å². The van der Waals surface area contributed by atoms with Crippen molar-refractivity contribution in [1.29, 1.82) is 0 Å². The van der Waals surface area contributed by atoms with Gasteiger partial charge in [0.15, 0.2) is 16.6 Å². The van der Waals surface area contributed by atoms with Crippen LogP contribution in [0.3, 0.4) is 0 Å². The fourth-order valence-corrected chi connectivity index (χ4v) is 3.28. The summed E-state index contributed by atoms with van der Waals surface area (Å²) in [6.07, 6.45) is 4.26. The van der Waals surface area contributed by atoms with Crippen molar-refractivity contribution in [2.45, 2.75) is 6.42 Å². The number of nitrogens with zero attached hydrogens (tertiary/aromatic N) is 2. The monoisotopic (exact) mass is 327 g/mol. The highest BCUT2D eigenvalue weighted by Crippen LogP contribution is 2.33. The van der Waals surface area contributed by atoms with Crippen LogP contribution in [0.4, 0.5) is 5.13 Å². The van der Waals surface area contributed by atoms with Gasteiger partial charge in [0, 0.05) is 29.3 Å². The molecule has 0 spiro atoms. The number of ether oxygens (including phenoxy) is 2. The standard InChI is InChI=1S/C17H17N3O2S/c1-21-13-6-5-11(8-14(13)22-2)9-15-16(20-17(18)23-15)12-4-3-7-19-10-12/h3-8,10H,9H2,1-2H3,(H2,18,20). The SMILES string of the molecule is COc1ccc(Cc2sc(N)nc2-c2cccnc2)cc1OC. The maximum Gasteiger partial charge on any atom is 0.180 e. The van der Waals surface area contributed by atoms with E-state index in [0.29, 0.717) is 16.6 Å². The van der Waals surface area contributed by atoms with Crippen LogP contribution in [0.25, 0.3) is 11.3 Å². The van der Waals surface area contributed by atoms with Gasteiger partial charge in [0.25, 0.3) is 0 Å². The first-order valence-electron chi connectivity index (χ1n) is 7.07. The second-order valence-corrected chi connectivity index (χ2v) is 6.05. The lowest BCUT2D eigenvalue weighted by Crippen LogP contribution is -1.94.